The van der Waals surface area contributed by atoms with Crippen molar-refractivity contribution >= 4 is 34.0 Å². The summed E-state index contributed by atoms with van der Waals surface area (Å²) in [6.07, 6.45) is 3.80. The molecule has 1 aromatic carbocycles. The summed E-state index contributed by atoms with van der Waals surface area (Å²) in [5.41, 5.74) is 3.75. The lowest BCUT2D eigenvalue weighted by Gasteiger charge is -2.07. The quantitative estimate of drug-likeness (QED) is 0.773. The van der Waals surface area contributed by atoms with E-state index < -0.39 is 0 Å². The van der Waals surface area contributed by atoms with Crippen molar-refractivity contribution in [2.75, 3.05) is 5.32 Å². The number of aliphatic imine (C=N–C) groups is 1. The maximum absolute atomic E-state index is 6.39. The van der Waals surface area contributed by atoms with Crippen molar-refractivity contribution < 1.29 is 0 Å². The summed E-state index contributed by atoms with van der Waals surface area (Å²) in [6.45, 7) is 4.84. The summed E-state index contributed by atoms with van der Waals surface area (Å²) in [7, 11) is 0. The van der Waals surface area contributed by atoms with Gasteiger partial charge in [-0.2, -0.15) is 5.10 Å². The molecule has 1 N–H and O–H groups in total. The van der Waals surface area contributed by atoms with Gasteiger partial charge in [0.1, 0.15) is 11.2 Å². The van der Waals surface area contributed by atoms with Gasteiger partial charge in [-0.1, -0.05) is 17.7 Å². The van der Waals surface area contributed by atoms with Gasteiger partial charge in [-0.15, -0.1) is 0 Å². The number of benzene rings is 1. The van der Waals surface area contributed by atoms with E-state index in [4.69, 9.17) is 11.6 Å². The van der Waals surface area contributed by atoms with Gasteiger partial charge < -0.3 is 5.32 Å². The smallest absolute Gasteiger partial charge is 0.152 e. The lowest BCUT2D eigenvalue weighted by molar-refractivity contribution is 0.537. The fourth-order valence-electron chi connectivity index (χ4n) is 2.70. The molecule has 0 fully saturated rings. The largest absolute Gasteiger partial charge is 0.339 e. The molecule has 0 aliphatic carbocycles. The number of amidine groups is 1. The molecule has 1 aliphatic rings. The fraction of sp³-hybridized carbons (Fsp3) is 0.235. The van der Waals surface area contributed by atoms with Crippen molar-refractivity contribution in [1.82, 2.24) is 14.8 Å². The van der Waals surface area contributed by atoms with Crippen LogP contribution in [-0.2, 0) is 6.54 Å². The number of rotatable bonds is 2. The molecule has 2 aromatic heterocycles. The first kappa shape index (κ1) is 14.2. The molecule has 1 aliphatic heterocycles. The first-order valence-corrected chi connectivity index (χ1v) is 7.94. The number of aromatic nitrogens is 3. The highest BCUT2D eigenvalue weighted by atomic mass is 35.5. The first-order valence-electron chi connectivity index (χ1n) is 7.56. The Labute approximate surface area is 139 Å². The number of nitrogens with zero attached hydrogens (tertiary/aromatic N) is 4. The second kappa shape index (κ2) is 5.35. The molecule has 0 radical (unpaired) electrons. The third kappa shape index (κ3) is 2.47. The Morgan fingerprint density at radius 3 is 3.00 bits per heavy atom. The van der Waals surface area contributed by atoms with Crippen LogP contribution in [0.15, 0.2) is 41.7 Å². The van der Waals surface area contributed by atoms with Crippen LogP contribution in [-0.4, -0.2) is 20.6 Å². The number of nitrogens with one attached hydrogen (secondary N) is 1. The highest BCUT2D eigenvalue weighted by Gasteiger charge is 2.17. The SMILES string of the molecule is CC(C)n1cc2cc(NC3=NCc4cccnc43)cc(Cl)c2n1. The molecular weight excluding hydrogens is 310 g/mol. The second-order valence-corrected chi connectivity index (χ2v) is 6.31. The Hall–Kier alpha value is -2.40. The van der Waals surface area contributed by atoms with E-state index in [2.05, 4.69) is 34.2 Å². The molecule has 3 aromatic rings. The van der Waals surface area contributed by atoms with Gasteiger partial charge in [-0.05, 0) is 32.0 Å². The molecule has 0 amide bonds. The van der Waals surface area contributed by atoms with Crippen molar-refractivity contribution in [3.63, 3.8) is 0 Å². The summed E-state index contributed by atoms with van der Waals surface area (Å²) in [5, 5.41) is 9.51. The predicted molar refractivity (Wildman–Crippen MR) is 93.2 cm³/mol. The number of hydrogen-bond acceptors (Lipinski definition) is 4. The molecule has 0 unspecified atom stereocenters. The van der Waals surface area contributed by atoms with E-state index in [1.807, 2.05) is 35.1 Å². The molecule has 0 saturated heterocycles. The van der Waals surface area contributed by atoms with Crippen molar-refractivity contribution in [2.24, 2.45) is 4.99 Å². The number of hydrogen-bond donors (Lipinski definition) is 1. The minimum atomic E-state index is 0.296. The standard InChI is InChI=1S/C17H16ClN5/c1-10(2)23-9-12-6-13(7-14(18)15(12)22-23)21-17-16-11(8-20-17)4-3-5-19-16/h3-7,9-10H,8H2,1-2H3,(H,20,21). The summed E-state index contributed by atoms with van der Waals surface area (Å²) in [4.78, 5) is 8.93. The normalized spacial score (nSPS) is 13.5. The van der Waals surface area contributed by atoms with Crippen LogP contribution in [0.4, 0.5) is 5.69 Å². The Kier molecular flexibility index (Phi) is 3.31. The van der Waals surface area contributed by atoms with Gasteiger partial charge in [0.2, 0.25) is 0 Å². The fourth-order valence-corrected chi connectivity index (χ4v) is 2.97. The summed E-state index contributed by atoms with van der Waals surface area (Å²) in [5.74, 6) is 0.785. The zero-order valence-electron chi connectivity index (χ0n) is 12.9. The van der Waals surface area contributed by atoms with Crippen LogP contribution in [0.5, 0.6) is 0 Å². The van der Waals surface area contributed by atoms with Crippen LogP contribution in [0.1, 0.15) is 31.1 Å². The maximum Gasteiger partial charge on any atom is 0.152 e. The first-order chi connectivity index (χ1) is 11.1. The van der Waals surface area contributed by atoms with Crippen molar-refractivity contribution in [3.05, 3.63) is 52.9 Å². The van der Waals surface area contributed by atoms with Crippen molar-refractivity contribution in [2.45, 2.75) is 26.4 Å². The number of anilines is 1. The van der Waals surface area contributed by atoms with Gasteiger partial charge in [-0.3, -0.25) is 14.7 Å². The van der Waals surface area contributed by atoms with Gasteiger partial charge >= 0.3 is 0 Å². The second-order valence-electron chi connectivity index (χ2n) is 5.90. The van der Waals surface area contributed by atoms with Crippen LogP contribution >= 0.6 is 11.6 Å². The monoisotopic (exact) mass is 325 g/mol. The third-order valence-electron chi connectivity index (χ3n) is 3.89. The zero-order chi connectivity index (χ0) is 16.0. The van der Waals surface area contributed by atoms with Crippen LogP contribution in [0.3, 0.4) is 0 Å². The molecule has 6 heteroatoms. The van der Waals surface area contributed by atoms with E-state index in [1.54, 1.807) is 6.20 Å². The molecule has 4 rings (SSSR count). The molecule has 3 heterocycles. The Balaban J connectivity index is 1.70. The van der Waals surface area contributed by atoms with E-state index in [0.717, 1.165) is 33.7 Å². The zero-order valence-corrected chi connectivity index (χ0v) is 13.7. The average Bonchev–Trinajstić information content (AvgIpc) is 3.12. The number of fused-ring (bicyclic) bond motifs is 2. The van der Waals surface area contributed by atoms with Gasteiger partial charge in [0.25, 0.3) is 0 Å². The number of pyridine rings is 1. The van der Waals surface area contributed by atoms with Gasteiger partial charge in [0.15, 0.2) is 5.84 Å². The highest BCUT2D eigenvalue weighted by molar-refractivity contribution is 6.35. The third-order valence-corrected chi connectivity index (χ3v) is 4.18. The maximum atomic E-state index is 6.39. The van der Waals surface area contributed by atoms with Crippen molar-refractivity contribution in [1.29, 1.82) is 0 Å². The topological polar surface area (TPSA) is 55.1 Å². The molecule has 0 atom stereocenters. The molecule has 23 heavy (non-hydrogen) atoms. The minimum absolute atomic E-state index is 0.296. The van der Waals surface area contributed by atoms with Gasteiger partial charge in [0.05, 0.1) is 11.6 Å². The van der Waals surface area contributed by atoms with E-state index in [1.165, 1.54) is 0 Å². The predicted octanol–water partition coefficient (Wildman–Crippen LogP) is 4.04. The Morgan fingerprint density at radius 2 is 2.17 bits per heavy atom. The Bertz CT molecular complexity index is 926. The number of halogens is 1. The molecule has 0 saturated carbocycles. The average molecular weight is 326 g/mol. The van der Waals surface area contributed by atoms with Crippen LogP contribution in [0.25, 0.3) is 10.9 Å². The molecule has 0 bridgehead atoms. The lowest BCUT2D eigenvalue weighted by atomic mass is 10.2. The molecular formula is C17H16ClN5. The van der Waals surface area contributed by atoms with E-state index in [9.17, 15) is 0 Å². The highest BCUT2D eigenvalue weighted by Crippen LogP contribution is 2.28. The summed E-state index contributed by atoms with van der Waals surface area (Å²) < 4.78 is 1.92. The minimum Gasteiger partial charge on any atom is -0.339 e. The van der Waals surface area contributed by atoms with E-state index >= 15 is 0 Å². The van der Waals surface area contributed by atoms with Gasteiger partial charge in [-0.25, -0.2) is 0 Å². The van der Waals surface area contributed by atoms with Crippen LogP contribution in [0, 0.1) is 0 Å². The van der Waals surface area contributed by atoms with E-state index in [0.29, 0.717) is 17.6 Å². The van der Waals surface area contributed by atoms with E-state index in [-0.39, 0.29) is 0 Å². The van der Waals surface area contributed by atoms with Gasteiger partial charge in [0, 0.05) is 35.1 Å². The lowest BCUT2D eigenvalue weighted by Crippen LogP contribution is -2.13. The molecule has 116 valence electrons. The summed E-state index contributed by atoms with van der Waals surface area (Å²) >= 11 is 6.39. The van der Waals surface area contributed by atoms with Crippen LogP contribution < -0.4 is 5.32 Å². The van der Waals surface area contributed by atoms with Crippen LogP contribution in [0.2, 0.25) is 5.02 Å². The molecule has 0 spiro atoms. The Morgan fingerprint density at radius 1 is 1.30 bits per heavy atom. The summed E-state index contributed by atoms with van der Waals surface area (Å²) in [6, 6.07) is 8.19. The molecule has 5 nitrogen and oxygen atoms in total. The van der Waals surface area contributed by atoms with Crippen molar-refractivity contribution in [3.8, 4) is 0 Å².